The van der Waals surface area contributed by atoms with E-state index in [-0.39, 0.29) is 17.1 Å². The molecule has 9 nitrogen and oxygen atoms in total. The highest BCUT2D eigenvalue weighted by atomic mass is 32.2. The van der Waals surface area contributed by atoms with E-state index in [1.165, 1.54) is 18.4 Å². The number of anilines is 4. The Morgan fingerprint density at radius 2 is 1.88 bits per heavy atom. The number of ether oxygens (including phenoxy) is 1. The summed E-state index contributed by atoms with van der Waals surface area (Å²) >= 11 is 0. The maximum Gasteiger partial charge on any atom is 0.229 e. The second-order valence-corrected chi connectivity index (χ2v) is 15.0. The highest BCUT2D eigenvalue weighted by Gasteiger charge is 2.55. The van der Waals surface area contributed by atoms with Gasteiger partial charge in [0.25, 0.3) is 0 Å². The Morgan fingerprint density at radius 1 is 1.10 bits per heavy atom. The van der Waals surface area contributed by atoms with Crippen molar-refractivity contribution in [2.75, 3.05) is 42.9 Å². The molecule has 5 heterocycles. The molecule has 0 amide bonds. The van der Waals surface area contributed by atoms with Crippen molar-refractivity contribution in [1.29, 1.82) is 0 Å². The van der Waals surface area contributed by atoms with E-state index in [4.69, 9.17) is 19.7 Å². The number of hydrogen-bond donors (Lipinski definition) is 1. The molecule has 40 heavy (non-hydrogen) atoms. The average Bonchev–Trinajstić information content (AvgIpc) is 3.41. The highest BCUT2D eigenvalue weighted by molar-refractivity contribution is 7.92. The number of rotatable bonds is 5. The van der Waals surface area contributed by atoms with E-state index in [9.17, 15) is 4.21 Å². The molecule has 2 fully saturated rings. The van der Waals surface area contributed by atoms with Gasteiger partial charge >= 0.3 is 0 Å². The smallest absolute Gasteiger partial charge is 0.229 e. The van der Waals surface area contributed by atoms with Gasteiger partial charge in [-0.3, -0.25) is 4.90 Å². The molecule has 0 unspecified atom stereocenters. The summed E-state index contributed by atoms with van der Waals surface area (Å²) in [4.78, 5) is 19.2. The van der Waals surface area contributed by atoms with Crippen molar-refractivity contribution in [3.8, 4) is 0 Å². The number of likely N-dealkylation sites (tertiary alicyclic amines) is 1. The maximum atomic E-state index is 12.4. The SMILES string of the molecule is CN1CCC[C@H]1c1ccc(Nc2ncc3c(n2)N(c2cccc(N=S(C)(C)=O)n2)[C@H]2CC(C)(C)OC[C@@]32C)cc1. The predicted molar refractivity (Wildman–Crippen MR) is 161 cm³/mol. The maximum absolute atomic E-state index is 12.4. The number of aromatic nitrogens is 3. The van der Waals surface area contributed by atoms with Gasteiger partial charge in [-0.1, -0.05) is 25.1 Å². The second-order valence-electron chi connectivity index (χ2n) is 12.5. The first-order valence-electron chi connectivity index (χ1n) is 13.9. The second kappa shape index (κ2) is 9.78. The lowest BCUT2D eigenvalue weighted by atomic mass is 9.73. The monoisotopic (exact) mass is 561 g/mol. The number of nitrogens with zero attached hydrogens (tertiary/aromatic N) is 6. The summed E-state index contributed by atoms with van der Waals surface area (Å²) in [5.41, 5.74) is 2.72. The molecule has 0 spiro atoms. The fourth-order valence-corrected chi connectivity index (χ4v) is 6.88. The van der Waals surface area contributed by atoms with Gasteiger partial charge in [0.15, 0.2) is 5.82 Å². The van der Waals surface area contributed by atoms with E-state index >= 15 is 0 Å². The number of pyridine rings is 1. The summed E-state index contributed by atoms with van der Waals surface area (Å²) < 4.78 is 23.1. The summed E-state index contributed by atoms with van der Waals surface area (Å²) in [6.07, 6.45) is 8.40. The van der Waals surface area contributed by atoms with Gasteiger partial charge in [0.2, 0.25) is 5.95 Å². The van der Waals surface area contributed by atoms with Crippen molar-refractivity contribution >= 4 is 38.8 Å². The van der Waals surface area contributed by atoms with Crippen LogP contribution in [-0.2, 0) is 19.9 Å². The summed E-state index contributed by atoms with van der Waals surface area (Å²) in [6, 6.07) is 14.8. The first kappa shape index (κ1) is 27.1. The Bertz CT molecular complexity index is 1540. The van der Waals surface area contributed by atoms with Crippen LogP contribution in [0.25, 0.3) is 0 Å². The Labute approximate surface area is 237 Å². The van der Waals surface area contributed by atoms with Crippen LogP contribution in [0.3, 0.4) is 0 Å². The number of nitrogens with one attached hydrogen (secondary N) is 1. The van der Waals surface area contributed by atoms with E-state index < -0.39 is 9.73 Å². The molecule has 2 aromatic heterocycles. The minimum absolute atomic E-state index is 0.0637. The summed E-state index contributed by atoms with van der Waals surface area (Å²) in [7, 11) is -0.155. The molecule has 0 bridgehead atoms. The van der Waals surface area contributed by atoms with Crippen LogP contribution >= 0.6 is 0 Å². The minimum Gasteiger partial charge on any atom is -0.374 e. The van der Waals surface area contributed by atoms with Crippen LogP contribution in [0.1, 0.15) is 57.2 Å². The largest absolute Gasteiger partial charge is 0.374 e. The normalized spacial score (nSPS) is 25.9. The third kappa shape index (κ3) is 5.08. The zero-order valence-corrected chi connectivity index (χ0v) is 25.0. The van der Waals surface area contributed by atoms with Gasteiger partial charge in [-0.05, 0) is 76.5 Å². The lowest BCUT2D eigenvalue weighted by Crippen LogP contribution is -2.54. The lowest BCUT2D eigenvalue weighted by Gasteiger charge is -2.46. The van der Waals surface area contributed by atoms with Gasteiger partial charge in [-0.15, -0.1) is 0 Å². The molecule has 3 atom stereocenters. The molecule has 1 N–H and O–H groups in total. The average molecular weight is 562 g/mol. The number of hydrogen-bond acceptors (Lipinski definition) is 9. The fourth-order valence-electron chi connectivity index (χ4n) is 6.33. The molecule has 3 aliphatic heterocycles. The molecule has 6 rings (SSSR count). The molecular weight excluding hydrogens is 522 g/mol. The van der Waals surface area contributed by atoms with Crippen LogP contribution in [0, 0.1) is 0 Å². The van der Waals surface area contributed by atoms with E-state index in [0.717, 1.165) is 35.9 Å². The van der Waals surface area contributed by atoms with Gasteiger partial charge < -0.3 is 15.0 Å². The molecule has 0 saturated carbocycles. The summed E-state index contributed by atoms with van der Waals surface area (Å²) in [5, 5.41) is 3.42. The minimum atomic E-state index is -2.35. The van der Waals surface area contributed by atoms with Crippen LogP contribution in [0.15, 0.2) is 53.0 Å². The Kier molecular flexibility index (Phi) is 6.63. The predicted octanol–water partition coefficient (Wildman–Crippen LogP) is 5.72. The van der Waals surface area contributed by atoms with Crippen molar-refractivity contribution in [3.63, 3.8) is 0 Å². The third-order valence-corrected chi connectivity index (χ3v) is 9.09. The Hall–Kier alpha value is -3.08. The zero-order valence-electron chi connectivity index (χ0n) is 24.2. The van der Waals surface area contributed by atoms with E-state index in [2.05, 4.69) is 71.6 Å². The van der Waals surface area contributed by atoms with Crippen molar-refractivity contribution in [1.82, 2.24) is 19.9 Å². The van der Waals surface area contributed by atoms with Gasteiger partial charge in [-0.25, -0.2) is 14.2 Å². The molecule has 212 valence electrons. The van der Waals surface area contributed by atoms with Gasteiger partial charge in [0.05, 0.1) is 18.2 Å². The molecule has 1 aromatic carbocycles. The summed E-state index contributed by atoms with van der Waals surface area (Å²) in [6.45, 7) is 8.18. The highest BCUT2D eigenvalue weighted by Crippen LogP contribution is 2.53. The molecule has 0 aliphatic carbocycles. The van der Waals surface area contributed by atoms with E-state index in [1.807, 2.05) is 18.3 Å². The van der Waals surface area contributed by atoms with Crippen LogP contribution in [0.5, 0.6) is 0 Å². The molecule has 2 saturated heterocycles. The molecule has 0 radical (unpaired) electrons. The topological polar surface area (TPSA) is 95.8 Å². The Balaban J connectivity index is 1.37. The van der Waals surface area contributed by atoms with Crippen molar-refractivity contribution in [2.24, 2.45) is 4.36 Å². The zero-order chi connectivity index (χ0) is 28.3. The molecular formula is C30H39N7O2S. The van der Waals surface area contributed by atoms with Gasteiger partial charge in [0.1, 0.15) is 11.6 Å². The summed E-state index contributed by atoms with van der Waals surface area (Å²) in [5.74, 6) is 2.53. The van der Waals surface area contributed by atoms with Crippen molar-refractivity contribution < 1.29 is 8.95 Å². The van der Waals surface area contributed by atoms with Crippen molar-refractivity contribution in [2.45, 2.75) is 63.1 Å². The lowest BCUT2D eigenvalue weighted by molar-refractivity contribution is -0.0893. The van der Waals surface area contributed by atoms with Gasteiger partial charge in [0, 0.05) is 51.1 Å². The standard InChI is InChI=1S/C30H39N7O2S/c1-29(2)17-24-30(3,19-39-29)22-18-31-28(32-21-14-12-20(13-15-21)23-9-8-16-36(23)4)34-27(22)37(24)26-11-7-10-25(33-26)35-40(5,6)38/h7,10-15,18,23-24H,8-9,16-17,19H2,1-6H3,(H,31,32,34)/t23-,24-,30-/m0/s1. The van der Waals surface area contributed by atoms with Crippen molar-refractivity contribution in [3.05, 3.63) is 59.8 Å². The fraction of sp³-hybridized carbons (Fsp3) is 0.500. The Morgan fingerprint density at radius 3 is 2.58 bits per heavy atom. The van der Waals surface area contributed by atoms with E-state index in [1.54, 1.807) is 18.6 Å². The number of benzene rings is 1. The van der Waals surface area contributed by atoms with Crippen LogP contribution in [-0.4, -0.2) is 68.4 Å². The van der Waals surface area contributed by atoms with Crippen LogP contribution < -0.4 is 10.2 Å². The number of fused-ring (bicyclic) bond motifs is 3. The molecule has 10 heteroatoms. The van der Waals surface area contributed by atoms with Crippen LogP contribution in [0.2, 0.25) is 0 Å². The molecule has 3 aliphatic rings. The molecule has 3 aromatic rings. The van der Waals surface area contributed by atoms with Crippen LogP contribution in [0.4, 0.5) is 29.1 Å². The van der Waals surface area contributed by atoms with E-state index in [0.29, 0.717) is 24.4 Å². The first-order valence-corrected chi connectivity index (χ1v) is 16.3. The third-order valence-electron chi connectivity index (χ3n) is 8.46. The van der Waals surface area contributed by atoms with Gasteiger partial charge in [-0.2, -0.15) is 9.35 Å². The quantitative estimate of drug-likeness (QED) is 0.423. The first-order chi connectivity index (χ1) is 18.9.